The summed E-state index contributed by atoms with van der Waals surface area (Å²) < 4.78 is 5.55. The van der Waals surface area contributed by atoms with E-state index in [0.29, 0.717) is 11.1 Å². The van der Waals surface area contributed by atoms with Gasteiger partial charge in [0.2, 0.25) is 6.10 Å². The molecule has 0 bridgehead atoms. The lowest BCUT2D eigenvalue weighted by molar-refractivity contribution is -0.130. The van der Waals surface area contributed by atoms with Gasteiger partial charge in [-0.1, -0.05) is 30.3 Å². The van der Waals surface area contributed by atoms with E-state index in [2.05, 4.69) is 5.32 Å². The first-order chi connectivity index (χ1) is 12.0. The van der Waals surface area contributed by atoms with Gasteiger partial charge in [-0.25, -0.2) is 4.79 Å². The Morgan fingerprint density at radius 3 is 2.24 bits per heavy atom. The van der Waals surface area contributed by atoms with Crippen LogP contribution in [0.15, 0.2) is 54.6 Å². The largest absolute Gasteiger partial charge is 0.444 e. The molecule has 0 saturated heterocycles. The highest BCUT2D eigenvalue weighted by Crippen LogP contribution is 2.24. The summed E-state index contributed by atoms with van der Waals surface area (Å²) in [6.45, 7) is 0. The van der Waals surface area contributed by atoms with Crippen LogP contribution < -0.4 is 10.2 Å². The maximum Gasteiger partial charge on any atom is 0.339 e. The molecule has 1 unspecified atom stereocenters. The van der Waals surface area contributed by atoms with Crippen LogP contribution in [-0.4, -0.2) is 32.0 Å². The minimum atomic E-state index is -0.942. The zero-order chi connectivity index (χ0) is 17.8. The Morgan fingerprint density at radius 1 is 1.04 bits per heavy atom. The molecule has 0 spiro atoms. The third-order valence-electron chi connectivity index (χ3n) is 4.11. The van der Waals surface area contributed by atoms with Gasteiger partial charge in [-0.3, -0.25) is 4.79 Å². The highest BCUT2D eigenvalue weighted by Gasteiger charge is 2.31. The fraction of sp³-hybridized carbons (Fsp3) is 0.300. The summed E-state index contributed by atoms with van der Waals surface area (Å²) in [4.78, 5) is 27.0. The highest BCUT2D eigenvalue weighted by molar-refractivity contribution is 5.93. The monoisotopic (exact) mass is 338 g/mol. The van der Waals surface area contributed by atoms with E-state index < -0.39 is 12.1 Å². The Morgan fingerprint density at radius 2 is 1.68 bits per heavy atom. The molecule has 0 radical (unpaired) electrons. The SMILES string of the molecule is CN(C)c1ccc(C(=O)OC(C(=O)NC2CC2)c2ccccc2)cc1. The number of ether oxygens (including phenoxy) is 1. The van der Waals surface area contributed by atoms with Crippen LogP contribution in [0.4, 0.5) is 5.69 Å². The molecule has 1 N–H and O–H groups in total. The summed E-state index contributed by atoms with van der Waals surface area (Å²) in [5, 5.41) is 2.91. The molecule has 5 heteroatoms. The van der Waals surface area contributed by atoms with Gasteiger partial charge in [-0.15, -0.1) is 0 Å². The average molecular weight is 338 g/mol. The molecule has 1 saturated carbocycles. The van der Waals surface area contributed by atoms with Gasteiger partial charge in [0, 0.05) is 31.4 Å². The molecule has 1 atom stereocenters. The first kappa shape index (κ1) is 17.0. The van der Waals surface area contributed by atoms with Crippen LogP contribution in [0.2, 0.25) is 0 Å². The lowest BCUT2D eigenvalue weighted by Crippen LogP contribution is -2.33. The van der Waals surface area contributed by atoms with Crippen molar-refractivity contribution in [2.75, 3.05) is 19.0 Å². The van der Waals surface area contributed by atoms with Crippen molar-refractivity contribution < 1.29 is 14.3 Å². The number of anilines is 1. The molecule has 0 heterocycles. The van der Waals surface area contributed by atoms with Gasteiger partial charge in [0.15, 0.2) is 0 Å². The summed E-state index contributed by atoms with van der Waals surface area (Å²) in [5.41, 5.74) is 2.08. The smallest absolute Gasteiger partial charge is 0.339 e. The third-order valence-corrected chi connectivity index (χ3v) is 4.11. The van der Waals surface area contributed by atoms with E-state index in [1.165, 1.54) is 0 Å². The maximum atomic E-state index is 12.5. The van der Waals surface area contributed by atoms with Gasteiger partial charge in [-0.2, -0.15) is 0 Å². The zero-order valence-electron chi connectivity index (χ0n) is 14.4. The number of nitrogens with one attached hydrogen (secondary N) is 1. The summed E-state index contributed by atoms with van der Waals surface area (Å²) in [5.74, 6) is -0.780. The number of esters is 1. The number of rotatable bonds is 6. The second-order valence-electron chi connectivity index (χ2n) is 6.42. The Kier molecular flexibility index (Phi) is 5.03. The van der Waals surface area contributed by atoms with Crippen molar-refractivity contribution in [3.05, 3.63) is 65.7 Å². The second kappa shape index (κ2) is 7.38. The molecule has 2 aromatic rings. The van der Waals surface area contributed by atoms with E-state index in [9.17, 15) is 9.59 Å². The third kappa shape index (κ3) is 4.38. The van der Waals surface area contributed by atoms with Crippen molar-refractivity contribution in [2.45, 2.75) is 25.0 Å². The Hall–Kier alpha value is -2.82. The topological polar surface area (TPSA) is 58.6 Å². The van der Waals surface area contributed by atoms with Crippen molar-refractivity contribution in [1.29, 1.82) is 0 Å². The standard InChI is InChI=1S/C20H22N2O3/c1-22(2)17-12-8-15(9-13-17)20(24)25-18(14-6-4-3-5-7-14)19(23)21-16-10-11-16/h3-9,12-13,16,18H,10-11H2,1-2H3,(H,21,23). The normalized spacial score (nSPS) is 14.5. The molecule has 3 rings (SSSR count). The summed E-state index contributed by atoms with van der Waals surface area (Å²) in [6.07, 6.45) is 1.02. The molecule has 1 aliphatic carbocycles. The van der Waals surface area contributed by atoms with Crippen molar-refractivity contribution in [1.82, 2.24) is 5.32 Å². The highest BCUT2D eigenvalue weighted by atomic mass is 16.5. The summed E-state index contributed by atoms with van der Waals surface area (Å²) >= 11 is 0. The van der Waals surface area contributed by atoms with Crippen LogP contribution in [0.25, 0.3) is 0 Å². The quantitative estimate of drug-likeness (QED) is 0.823. The predicted octanol–water partition coefficient (Wildman–Crippen LogP) is 2.93. The minimum absolute atomic E-state index is 0.205. The van der Waals surface area contributed by atoms with E-state index >= 15 is 0 Å². The van der Waals surface area contributed by atoms with Crippen LogP contribution in [0.5, 0.6) is 0 Å². The molecular weight excluding hydrogens is 316 g/mol. The van der Waals surface area contributed by atoms with Gasteiger partial charge in [0.25, 0.3) is 5.91 Å². The molecule has 1 amide bonds. The van der Waals surface area contributed by atoms with Gasteiger partial charge < -0.3 is 15.0 Å². The van der Waals surface area contributed by atoms with Crippen molar-refractivity contribution in [3.8, 4) is 0 Å². The van der Waals surface area contributed by atoms with Crippen LogP contribution in [0.1, 0.15) is 34.9 Å². The molecule has 0 aromatic heterocycles. The Labute approximate surface area is 147 Å². The van der Waals surface area contributed by atoms with Crippen molar-refractivity contribution in [3.63, 3.8) is 0 Å². The number of nitrogens with zero attached hydrogens (tertiary/aromatic N) is 1. The van der Waals surface area contributed by atoms with E-state index in [4.69, 9.17) is 4.74 Å². The molecule has 25 heavy (non-hydrogen) atoms. The minimum Gasteiger partial charge on any atom is -0.444 e. The number of benzene rings is 2. The number of carbonyl (C=O) groups is 2. The van der Waals surface area contributed by atoms with Gasteiger partial charge in [0.05, 0.1) is 5.56 Å². The fourth-order valence-corrected chi connectivity index (χ4v) is 2.48. The molecule has 130 valence electrons. The van der Waals surface area contributed by atoms with Crippen molar-refractivity contribution >= 4 is 17.6 Å². The number of hydrogen-bond acceptors (Lipinski definition) is 4. The number of carbonyl (C=O) groups excluding carboxylic acids is 2. The van der Waals surface area contributed by atoms with E-state index in [1.807, 2.05) is 49.3 Å². The predicted molar refractivity (Wildman–Crippen MR) is 96.5 cm³/mol. The fourth-order valence-electron chi connectivity index (χ4n) is 2.48. The maximum absolute atomic E-state index is 12.5. The molecule has 0 aliphatic heterocycles. The number of amides is 1. The summed E-state index contributed by atoms with van der Waals surface area (Å²) in [6, 6.07) is 16.4. The first-order valence-corrected chi connectivity index (χ1v) is 8.38. The van der Waals surface area contributed by atoms with E-state index in [-0.39, 0.29) is 11.9 Å². The van der Waals surface area contributed by atoms with E-state index in [0.717, 1.165) is 18.5 Å². The van der Waals surface area contributed by atoms with Crippen LogP contribution in [0.3, 0.4) is 0 Å². The lowest BCUT2D eigenvalue weighted by atomic mass is 10.1. The lowest BCUT2D eigenvalue weighted by Gasteiger charge is -2.18. The number of hydrogen-bond donors (Lipinski definition) is 1. The average Bonchev–Trinajstić information content (AvgIpc) is 3.44. The summed E-state index contributed by atoms with van der Waals surface area (Å²) in [7, 11) is 3.86. The van der Waals surface area contributed by atoms with Crippen LogP contribution in [0, 0.1) is 0 Å². The van der Waals surface area contributed by atoms with Gasteiger partial charge in [0.1, 0.15) is 0 Å². The molecule has 1 fully saturated rings. The van der Waals surface area contributed by atoms with Crippen molar-refractivity contribution in [2.24, 2.45) is 0 Å². The van der Waals surface area contributed by atoms with E-state index in [1.54, 1.807) is 24.3 Å². The van der Waals surface area contributed by atoms with Crippen LogP contribution >= 0.6 is 0 Å². The Balaban J connectivity index is 1.76. The van der Waals surface area contributed by atoms with Gasteiger partial charge in [-0.05, 0) is 37.1 Å². The zero-order valence-corrected chi connectivity index (χ0v) is 14.4. The van der Waals surface area contributed by atoms with Crippen LogP contribution in [-0.2, 0) is 9.53 Å². The molecule has 2 aromatic carbocycles. The molecule has 1 aliphatic rings. The first-order valence-electron chi connectivity index (χ1n) is 8.38. The van der Waals surface area contributed by atoms with Gasteiger partial charge >= 0.3 is 5.97 Å². The molecular formula is C20H22N2O3. The Bertz CT molecular complexity index is 737. The molecule has 5 nitrogen and oxygen atoms in total. The second-order valence-corrected chi connectivity index (χ2v) is 6.42.